The number of likely N-dealkylation sites (N-methyl/N-ethyl adjacent to an activating group) is 2. The molecule has 2 fully saturated rings. The fourth-order valence-electron chi connectivity index (χ4n) is 7.05. The minimum Gasteiger partial charge on any atom is -0.481 e. The molecule has 298 valence electrons. The van der Waals surface area contributed by atoms with Gasteiger partial charge in [0.25, 0.3) is 5.91 Å². The molecule has 3 N–H and O–H groups in total. The van der Waals surface area contributed by atoms with Gasteiger partial charge in [0, 0.05) is 55.6 Å². The Morgan fingerprint density at radius 1 is 1.04 bits per heavy atom. The number of thiazole rings is 1. The van der Waals surface area contributed by atoms with E-state index in [0.29, 0.717) is 17.1 Å². The number of hydrogen-bond donors (Lipinski definition) is 3. The summed E-state index contributed by atoms with van der Waals surface area (Å²) >= 11 is 1.07. The van der Waals surface area contributed by atoms with Crippen LogP contribution in [-0.4, -0.2) is 94.4 Å². The van der Waals surface area contributed by atoms with Gasteiger partial charge >= 0.3 is 11.9 Å². The van der Waals surface area contributed by atoms with Gasteiger partial charge in [0.1, 0.15) is 34.2 Å². The van der Waals surface area contributed by atoms with Crippen LogP contribution in [0.1, 0.15) is 106 Å². The number of rotatable bonds is 18. The van der Waals surface area contributed by atoms with Crippen molar-refractivity contribution in [2.75, 3.05) is 20.6 Å². The number of piperidine rings is 1. The van der Waals surface area contributed by atoms with Crippen LogP contribution in [0.4, 0.5) is 13.2 Å². The van der Waals surface area contributed by atoms with Crippen molar-refractivity contribution >= 4 is 41.0 Å². The van der Waals surface area contributed by atoms with Gasteiger partial charge in [-0.25, -0.2) is 18.2 Å². The minimum absolute atomic E-state index is 0.0333. The molecular formula is C38H52F3N5O7S. The first-order valence-corrected chi connectivity index (χ1v) is 19.4. The number of carbonyl (C=O) groups excluding carboxylic acids is 4. The number of hydrogen-bond acceptors (Lipinski definition) is 9. The summed E-state index contributed by atoms with van der Waals surface area (Å²) < 4.78 is 47.8. The van der Waals surface area contributed by atoms with Gasteiger partial charge in [0.15, 0.2) is 6.10 Å². The standard InChI is InChI=1S/C38H52F3N5O7S/c1-20(2)31(46(6)37(50)33(23-10-11-23)44-35(49)30-9-7-8-14-45(30)5)18-32(53-22(4)47)36-43-29(19-54-36)34(48)42-25(15-21(3)38(51)52)12-13-26-27(40)16-24(39)17-28(26)41/h16-17,19-21,23,25,30-33H,7-15,18H2,1-6H3,(H,42,48)(H,44,49)(H,51,52)/t21-,25-,30+,31+,32+,33-/m0/s1. The number of nitrogens with one attached hydrogen (secondary N) is 2. The molecule has 0 bridgehead atoms. The number of esters is 1. The average molecular weight is 780 g/mol. The molecule has 1 aliphatic carbocycles. The number of carboxylic acids is 1. The Kier molecular flexibility index (Phi) is 15.0. The normalized spacial score (nSPS) is 19.0. The number of carboxylic acid groups (broad SMARTS) is 1. The Morgan fingerprint density at radius 3 is 2.28 bits per heavy atom. The van der Waals surface area contributed by atoms with Gasteiger partial charge in [-0.1, -0.05) is 27.2 Å². The molecule has 1 saturated carbocycles. The molecule has 4 rings (SSSR count). The van der Waals surface area contributed by atoms with Crippen LogP contribution in [0.25, 0.3) is 0 Å². The number of likely N-dealkylation sites (tertiary alicyclic amines) is 1. The lowest BCUT2D eigenvalue weighted by molar-refractivity contribution is -0.149. The lowest BCUT2D eigenvalue weighted by Crippen LogP contribution is -2.56. The third-order valence-corrected chi connectivity index (χ3v) is 11.3. The minimum atomic E-state index is -1.13. The highest BCUT2D eigenvalue weighted by Crippen LogP contribution is 2.36. The summed E-state index contributed by atoms with van der Waals surface area (Å²) in [6, 6.07) is -1.16. The Morgan fingerprint density at radius 2 is 1.70 bits per heavy atom. The quantitative estimate of drug-likeness (QED) is 0.172. The van der Waals surface area contributed by atoms with E-state index < -0.39 is 65.4 Å². The molecule has 1 aliphatic heterocycles. The highest BCUT2D eigenvalue weighted by atomic mass is 32.1. The van der Waals surface area contributed by atoms with E-state index in [1.54, 1.807) is 11.9 Å². The zero-order chi connectivity index (χ0) is 39.9. The fraction of sp³-hybridized carbons (Fsp3) is 0.632. The van der Waals surface area contributed by atoms with Crippen LogP contribution in [0.5, 0.6) is 0 Å². The number of aromatic nitrogens is 1. The molecule has 12 nitrogen and oxygen atoms in total. The molecular weight excluding hydrogens is 728 g/mol. The summed E-state index contributed by atoms with van der Waals surface area (Å²) in [5.74, 6) is -7.01. The molecule has 54 heavy (non-hydrogen) atoms. The molecule has 1 saturated heterocycles. The van der Waals surface area contributed by atoms with E-state index >= 15 is 0 Å². The number of amides is 3. The Hall–Kier alpha value is -4.05. The largest absolute Gasteiger partial charge is 0.481 e. The molecule has 1 aromatic heterocycles. The van der Waals surface area contributed by atoms with Crippen molar-refractivity contribution in [1.29, 1.82) is 0 Å². The molecule has 0 radical (unpaired) electrons. The van der Waals surface area contributed by atoms with Crippen LogP contribution in [0, 0.1) is 35.2 Å². The van der Waals surface area contributed by atoms with Gasteiger partial charge in [0.05, 0.1) is 12.0 Å². The van der Waals surface area contributed by atoms with Crippen molar-refractivity contribution in [3.8, 4) is 0 Å². The van der Waals surface area contributed by atoms with E-state index in [9.17, 15) is 42.3 Å². The first-order valence-electron chi connectivity index (χ1n) is 18.5. The second-order valence-corrected chi connectivity index (χ2v) is 15.9. The summed E-state index contributed by atoms with van der Waals surface area (Å²) in [6.45, 7) is 7.37. The van der Waals surface area contributed by atoms with Crippen LogP contribution < -0.4 is 10.6 Å². The van der Waals surface area contributed by atoms with E-state index in [1.807, 2.05) is 25.8 Å². The van der Waals surface area contributed by atoms with E-state index in [4.69, 9.17) is 4.74 Å². The molecule has 3 amide bonds. The molecule has 2 aliphatic rings. The highest BCUT2D eigenvalue weighted by Gasteiger charge is 2.42. The summed E-state index contributed by atoms with van der Waals surface area (Å²) in [5.41, 5.74) is -0.432. The maximum atomic E-state index is 14.3. The molecule has 2 heterocycles. The van der Waals surface area contributed by atoms with Crippen LogP contribution in [0.2, 0.25) is 0 Å². The van der Waals surface area contributed by atoms with Crippen molar-refractivity contribution in [2.24, 2.45) is 17.8 Å². The van der Waals surface area contributed by atoms with Gasteiger partial charge in [-0.3, -0.25) is 28.9 Å². The van der Waals surface area contributed by atoms with Crippen molar-refractivity contribution in [3.05, 3.63) is 51.2 Å². The number of carbonyl (C=O) groups is 5. The van der Waals surface area contributed by atoms with E-state index in [2.05, 4.69) is 15.6 Å². The van der Waals surface area contributed by atoms with Crippen molar-refractivity contribution in [2.45, 2.75) is 116 Å². The van der Waals surface area contributed by atoms with E-state index in [-0.39, 0.29) is 66.6 Å². The number of ether oxygens (including phenoxy) is 1. The predicted molar refractivity (Wildman–Crippen MR) is 195 cm³/mol. The summed E-state index contributed by atoms with van der Waals surface area (Å²) in [4.78, 5) is 72.8. The van der Waals surface area contributed by atoms with Gasteiger partial charge in [-0.05, 0) is 70.4 Å². The van der Waals surface area contributed by atoms with Crippen molar-refractivity contribution < 1.29 is 47.0 Å². The van der Waals surface area contributed by atoms with Gasteiger partial charge < -0.3 is 25.4 Å². The zero-order valence-corrected chi connectivity index (χ0v) is 32.5. The van der Waals surface area contributed by atoms with Gasteiger partial charge in [-0.15, -0.1) is 11.3 Å². The van der Waals surface area contributed by atoms with Crippen molar-refractivity contribution in [1.82, 2.24) is 25.4 Å². The van der Waals surface area contributed by atoms with Crippen LogP contribution >= 0.6 is 11.3 Å². The number of benzene rings is 1. The summed E-state index contributed by atoms with van der Waals surface area (Å²) in [5, 5.41) is 17.0. The molecule has 2 aromatic rings. The molecule has 1 aromatic carbocycles. The van der Waals surface area contributed by atoms with Crippen LogP contribution in [-0.2, 0) is 30.3 Å². The van der Waals surface area contributed by atoms with Crippen molar-refractivity contribution in [3.63, 3.8) is 0 Å². The summed E-state index contributed by atoms with van der Waals surface area (Å²) in [7, 11) is 3.59. The number of halogens is 3. The number of aliphatic carboxylic acids is 1. The topological polar surface area (TPSA) is 158 Å². The second-order valence-electron chi connectivity index (χ2n) is 15.0. The maximum absolute atomic E-state index is 14.3. The smallest absolute Gasteiger partial charge is 0.306 e. The first-order chi connectivity index (χ1) is 25.5. The Balaban J connectivity index is 1.49. The lowest BCUT2D eigenvalue weighted by atomic mass is 9.95. The Bertz CT molecular complexity index is 1650. The number of nitrogens with zero attached hydrogens (tertiary/aromatic N) is 3. The van der Waals surface area contributed by atoms with E-state index in [1.165, 1.54) is 19.2 Å². The fourth-order valence-corrected chi connectivity index (χ4v) is 7.89. The molecule has 16 heteroatoms. The zero-order valence-electron chi connectivity index (χ0n) is 31.7. The second kappa shape index (κ2) is 19.0. The Labute approximate surface area is 318 Å². The predicted octanol–water partition coefficient (Wildman–Crippen LogP) is 5.26. The monoisotopic (exact) mass is 779 g/mol. The maximum Gasteiger partial charge on any atom is 0.306 e. The summed E-state index contributed by atoms with van der Waals surface area (Å²) in [6.07, 6.45) is 3.22. The highest BCUT2D eigenvalue weighted by molar-refractivity contribution is 7.09. The van der Waals surface area contributed by atoms with Crippen LogP contribution in [0.15, 0.2) is 17.5 Å². The SMILES string of the molecule is CC(=O)O[C@H](C[C@H](C(C)C)N(C)C(=O)[C@@H](NC(=O)[C@H]1CCCCN1C)C1CC1)c1nc(C(=O)N[C@@H](CCc2c(F)cc(F)cc2F)C[C@H](C)C(=O)O)cs1. The van der Waals surface area contributed by atoms with Gasteiger partial charge in [-0.2, -0.15) is 0 Å². The third kappa shape index (κ3) is 11.5. The average Bonchev–Trinajstić information content (AvgIpc) is 3.81. The van der Waals surface area contributed by atoms with Gasteiger partial charge in [0.2, 0.25) is 11.8 Å². The third-order valence-electron chi connectivity index (χ3n) is 10.4. The lowest BCUT2D eigenvalue weighted by Gasteiger charge is -2.37. The molecule has 0 spiro atoms. The molecule has 0 unspecified atom stereocenters. The first kappa shape index (κ1) is 42.7. The van der Waals surface area contributed by atoms with Crippen LogP contribution in [0.3, 0.4) is 0 Å². The molecule has 6 atom stereocenters. The van der Waals surface area contributed by atoms with E-state index in [0.717, 1.165) is 50.0 Å².